The van der Waals surface area contributed by atoms with Gasteiger partial charge in [0.2, 0.25) is 11.8 Å². The Kier molecular flexibility index (Phi) is 5.92. The van der Waals surface area contributed by atoms with E-state index in [-0.39, 0.29) is 23.5 Å². The first-order valence-corrected chi connectivity index (χ1v) is 9.77. The highest BCUT2D eigenvalue weighted by molar-refractivity contribution is 7.99. The van der Waals surface area contributed by atoms with Gasteiger partial charge in [-0.25, -0.2) is 0 Å². The maximum Gasteiger partial charge on any atom is 0.233 e. The van der Waals surface area contributed by atoms with Gasteiger partial charge in [-0.3, -0.25) is 14.2 Å². The van der Waals surface area contributed by atoms with Crippen molar-refractivity contribution in [3.05, 3.63) is 36.2 Å². The van der Waals surface area contributed by atoms with Crippen molar-refractivity contribution < 1.29 is 9.59 Å². The van der Waals surface area contributed by atoms with Crippen LogP contribution in [0.1, 0.15) is 25.3 Å². The molecule has 2 N–H and O–H groups in total. The van der Waals surface area contributed by atoms with Gasteiger partial charge < -0.3 is 10.6 Å². The van der Waals surface area contributed by atoms with Gasteiger partial charge in [-0.1, -0.05) is 36.9 Å². The fourth-order valence-corrected chi connectivity index (χ4v) is 4.01. The van der Waals surface area contributed by atoms with E-state index in [1.54, 1.807) is 11.2 Å². The lowest BCUT2D eigenvalue weighted by molar-refractivity contribution is -0.132. The number of para-hydroxylation sites is 1. The summed E-state index contributed by atoms with van der Waals surface area (Å²) in [6.45, 7) is 3.19. The minimum Gasteiger partial charge on any atom is -0.369 e. The molecule has 138 valence electrons. The Morgan fingerprint density at radius 1 is 1.35 bits per heavy atom. The van der Waals surface area contributed by atoms with Gasteiger partial charge in [0, 0.05) is 13.1 Å². The van der Waals surface area contributed by atoms with E-state index < -0.39 is 0 Å². The molecule has 0 radical (unpaired) electrons. The molecule has 1 aliphatic heterocycles. The highest BCUT2D eigenvalue weighted by atomic mass is 32.2. The topological polar surface area (TPSA) is 94.1 Å². The molecule has 1 unspecified atom stereocenters. The number of amides is 2. The highest BCUT2D eigenvalue weighted by Crippen LogP contribution is 2.24. The second-order valence-electron chi connectivity index (χ2n) is 6.34. The van der Waals surface area contributed by atoms with E-state index >= 15 is 0 Å². The first kappa shape index (κ1) is 18.4. The fourth-order valence-electron chi connectivity index (χ4n) is 3.19. The van der Waals surface area contributed by atoms with Gasteiger partial charge in [0.25, 0.3) is 0 Å². The van der Waals surface area contributed by atoms with E-state index in [1.165, 1.54) is 17.3 Å². The monoisotopic (exact) mass is 373 g/mol. The van der Waals surface area contributed by atoms with Crippen molar-refractivity contribution in [1.82, 2.24) is 19.7 Å². The van der Waals surface area contributed by atoms with E-state index in [0.29, 0.717) is 18.2 Å². The average Bonchev–Trinajstić information content (AvgIpc) is 3.14. The summed E-state index contributed by atoms with van der Waals surface area (Å²) in [6.07, 6.45) is 4.14. The van der Waals surface area contributed by atoms with Gasteiger partial charge in [0.15, 0.2) is 5.16 Å². The Hall–Kier alpha value is -2.35. The lowest BCUT2D eigenvalue weighted by Crippen LogP contribution is -2.44. The van der Waals surface area contributed by atoms with Crippen LogP contribution in [0.3, 0.4) is 0 Å². The molecule has 0 spiro atoms. The molecular formula is C18H23N5O2S. The molecule has 7 nitrogen and oxygen atoms in total. The van der Waals surface area contributed by atoms with Crippen LogP contribution in [0.5, 0.6) is 0 Å². The number of thioether (sulfide) groups is 1. The molecular weight excluding hydrogens is 350 g/mol. The van der Waals surface area contributed by atoms with Crippen molar-refractivity contribution in [2.75, 3.05) is 18.8 Å². The lowest BCUT2D eigenvalue weighted by atomic mass is 9.97. The van der Waals surface area contributed by atoms with Crippen molar-refractivity contribution in [2.24, 2.45) is 11.7 Å². The van der Waals surface area contributed by atoms with Gasteiger partial charge in [-0.2, -0.15) is 0 Å². The molecule has 3 rings (SSSR count). The van der Waals surface area contributed by atoms with Crippen LogP contribution in [0.4, 0.5) is 0 Å². The van der Waals surface area contributed by atoms with Crippen LogP contribution < -0.4 is 5.73 Å². The molecule has 1 aromatic heterocycles. The number of carbonyl (C=O) groups is 2. The molecule has 1 aromatic carbocycles. The third-order valence-electron chi connectivity index (χ3n) is 4.65. The fraction of sp³-hybridized carbons (Fsp3) is 0.444. The van der Waals surface area contributed by atoms with E-state index in [1.807, 2.05) is 22.8 Å². The highest BCUT2D eigenvalue weighted by Gasteiger charge is 2.27. The molecule has 1 fully saturated rings. The standard InChI is InChI=1S/C18H23N5O2S/c1-2-13-6-3-4-8-15(13)23-12-20-21-18(23)26-11-16(24)22-9-5-7-14(10-22)17(19)25/h3-4,6,8,12,14H,2,5,7,9-11H2,1H3,(H2,19,25). The van der Waals surface area contributed by atoms with E-state index in [0.717, 1.165) is 24.9 Å². The number of hydrogen-bond acceptors (Lipinski definition) is 5. The molecule has 1 aliphatic rings. The molecule has 0 bridgehead atoms. The smallest absolute Gasteiger partial charge is 0.233 e. The van der Waals surface area contributed by atoms with Gasteiger partial charge in [0.05, 0.1) is 17.4 Å². The Labute approximate surface area is 157 Å². The SMILES string of the molecule is CCc1ccccc1-n1cnnc1SCC(=O)N1CCCC(C(N)=O)C1. The number of primary amides is 1. The summed E-state index contributed by atoms with van der Waals surface area (Å²) in [6, 6.07) is 8.09. The van der Waals surface area contributed by atoms with Gasteiger partial charge in [-0.15, -0.1) is 10.2 Å². The Morgan fingerprint density at radius 3 is 2.92 bits per heavy atom. The maximum absolute atomic E-state index is 12.5. The van der Waals surface area contributed by atoms with E-state index in [2.05, 4.69) is 23.2 Å². The van der Waals surface area contributed by atoms with Crippen LogP contribution in [0.15, 0.2) is 35.7 Å². The number of aryl methyl sites for hydroxylation is 1. The first-order chi connectivity index (χ1) is 12.6. The summed E-state index contributed by atoms with van der Waals surface area (Å²) in [7, 11) is 0. The predicted octanol–water partition coefficient (Wildman–Crippen LogP) is 1.65. The van der Waals surface area contributed by atoms with Crippen LogP contribution in [-0.4, -0.2) is 50.3 Å². The zero-order valence-electron chi connectivity index (χ0n) is 14.8. The molecule has 1 atom stereocenters. The molecule has 8 heteroatoms. The molecule has 1 saturated heterocycles. The van der Waals surface area contributed by atoms with Crippen molar-refractivity contribution in [3.8, 4) is 5.69 Å². The number of benzene rings is 1. The summed E-state index contributed by atoms with van der Waals surface area (Å²) in [4.78, 5) is 25.6. The lowest BCUT2D eigenvalue weighted by Gasteiger charge is -2.31. The van der Waals surface area contributed by atoms with Crippen LogP contribution >= 0.6 is 11.8 Å². The van der Waals surface area contributed by atoms with Crippen molar-refractivity contribution in [2.45, 2.75) is 31.3 Å². The number of aromatic nitrogens is 3. The molecule has 2 aromatic rings. The van der Waals surface area contributed by atoms with Crippen LogP contribution in [0.25, 0.3) is 5.69 Å². The summed E-state index contributed by atoms with van der Waals surface area (Å²) in [5, 5.41) is 8.85. The zero-order valence-corrected chi connectivity index (χ0v) is 15.6. The molecule has 2 amide bonds. The molecule has 26 heavy (non-hydrogen) atoms. The quantitative estimate of drug-likeness (QED) is 0.777. The largest absolute Gasteiger partial charge is 0.369 e. The third kappa shape index (κ3) is 4.07. The number of hydrogen-bond donors (Lipinski definition) is 1. The van der Waals surface area contributed by atoms with Gasteiger partial charge in [-0.05, 0) is 30.9 Å². The second kappa shape index (κ2) is 8.35. The average molecular weight is 373 g/mol. The number of carbonyl (C=O) groups excluding carboxylic acids is 2. The summed E-state index contributed by atoms with van der Waals surface area (Å²) in [5.41, 5.74) is 7.61. The first-order valence-electron chi connectivity index (χ1n) is 8.78. The summed E-state index contributed by atoms with van der Waals surface area (Å²) in [5.74, 6) is -0.304. The Bertz CT molecular complexity index is 791. The molecule has 0 saturated carbocycles. The Balaban J connectivity index is 1.67. The second-order valence-corrected chi connectivity index (χ2v) is 7.28. The minimum atomic E-state index is -0.328. The number of nitrogens with two attached hydrogens (primary N) is 1. The Morgan fingerprint density at radius 2 is 2.15 bits per heavy atom. The predicted molar refractivity (Wildman–Crippen MR) is 100.0 cm³/mol. The summed E-state index contributed by atoms with van der Waals surface area (Å²) >= 11 is 1.36. The van der Waals surface area contributed by atoms with Gasteiger partial charge in [0.1, 0.15) is 6.33 Å². The number of rotatable bonds is 6. The normalized spacial score (nSPS) is 17.3. The van der Waals surface area contributed by atoms with Crippen molar-refractivity contribution in [1.29, 1.82) is 0 Å². The molecule has 2 heterocycles. The van der Waals surface area contributed by atoms with Crippen LogP contribution in [0.2, 0.25) is 0 Å². The maximum atomic E-state index is 12.5. The third-order valence-corrected chi connectivity index (χ3v) is 5.58. The number of nitrogens with zero attached hydrogens (tertiary/aromatic N) is 4. The number of piperidine rings is 1. The van der Waals surface area contributed by atoms with Crippen molar-refractivity contribution in [3.63, 3.8) is 0 Å². The van der Waals surface area contributed by atoms with Gasteiger partial charge >= 0.3 is 0 Å². The van der Waals surface area contributed by atoms with E-state index in [4.69, 9.17) is 5.73 Å². The van der Waals surface area contributed by atoms with Crippen LogP contribution in [0, 0.1) is 5.92 Å². The minimum absolute atomic E-state index is 0.000670. The molecule has 0 aliphatic carbocycles. The number of likely N-dealkylation sites (tertiary alicyclic amines) is 1. The van der Waals surface area contributed by atoms with Crippen LogP contribution in [-0.2, 0) is 16.0 Å². The zero-order chi connectivity index (χ0) is 18.5. The summed E-state index contributed by atoms with van der Waals surface area (Å²) < 4.78 is 1.92. The van der Waals surface area contributed by atoms with Crippen molar-refractivity contribution >= 4 is 23.6 Å². The van der Waals surface area contributed by atoms with E-state index in [9.17, 15) is 9.59 Å².